The first kappa shape index (κ1) is 14.0. The lowest BCUT2D eigenvalue weighted by Crippen LogP contribution is -2.47. The topological polar surface area (TPSA) is 63.4 Å². The molecule has 0 aliphatic heterocycles. The molecule has 1 unspecified atom stereocenters. The Labute approximate surface area is 117 Å². The highest BCUT2D eigenvalue weighted by Crippen LogP contribution is 2.11. The SMILES string of the molecule is CC(N)N(C(=O)c1ccccc1)C(=O)c1ccccc1. The Morgan fingerprint density at radius 2 is 1.20 bits per heavy atom. The number of hydrogen-bond acceptors (Lipinski definition) is 3. The van der Waals surface area contributed by atoms with Gasteiger partial charge in [0.25, 0.3) is 11.8 Å². The van der Waals surface area contributed by atoms with Crippen LogP contribution in [0.2, 0.25) is 0 Å². The summed E-state index contributed by atoms with van der Waals surface area (Å²) in [5, 5.41) is 0. The Morgan fingerprint density at radius 1 is 0.850 bits per heavy atom. The number of amides is 2. The predicted molar refractivity (Wildman–Crippen MR) is 77.0 cm³/mol. The maximum absolute atomic E-state index is 12.4. The molecule has 2 N–H and O–H groups in total. The fourth-order valence-corrected chi connectivity index (χ4v) is 1.90. The molecule has 0 spiro atoms. The van der Waals surface area contributed by atoms with E-state index in [1.165, 1.54) is 0 Å². The third-order valence-electron chi connectivity index (χ3n) is 2.89. The predicted octanol–water partition coefficient (Wildman–Crippen LogP) is 2.27. The average Bonchev–Trinajstić information content (AvgIpc) is 2.48. The van der Waals surface area contributed by atoms with E-state index in [1.807, 2.05) is 12.1 Å². The van der Waals surface area contributed by atoms with Gasteiger partial charge in [-0.15, -0.1) is 0 Å². The molecule has 20 heavy (non-hydrogen) atoms. The maximum Gasteiger partial charge on any atom is 0.262 e. The number of nitrogens with zero attached hydrogens (tertiary/aromatic N) is 1. The van der Waals surface area contributed by atoms with Crippen molar-refractivity contribution in [2.24, 2.45) is 5.73 Å². The Bertz CT molecular complexity index is 543. The van der Waals surface area contributed by atoms with Gasteiger partial charge in [0.05, 0.1) is 6.17 Å². The van der Waals surface area contributed by atoms with Crippen LogP contribution in [0.15, 0.2) is 60.7 Å². The minimum Gasteiger partial charge on any atom is -0.311 e. The molecule has 0 aliphatic rings. The van der Waals surface area contributed by atoms with Gasteiger partial charge in [0.2, 0.25) is 0 Å². The zero-order valence-electron chi connectivity index (χ0n) is 11.2. The largest absolute Gasteiger partial charge is 0.311 e. The summed E-state index contributed by atoms with van der Waals surface area (Å²) < 4.78 is 0. The van der Waals surface area contributed by atoms with Gasteiger partial charge >= 0.3 is 0 Å². The molecule has 0 heterocycles. The Kier molecular flexibility index (Phi) is 4.27. The van der Waals surface area contributed by atoms with Gasteiger partial charge in [-0.3, -0.25) is 14.5 Å². The zero-order chi connectivity index (χ0) is 14.5. The highest BCUT2D eigenvalue weighted by Gasteiger charge is 2.26. The van der Waals surface area contributed by atoms with Crippen LogP contribution < -0.4 is 5.73 Å². The number of nitrogens with two attached hydrogens (primary N) is 1. The summed E-state index contributed by atoms with van der Waals surface area (Å²) >= 11 is 0. The minimum atomic E-state index is -0.699. The molecule has 2 rings (SSSR count). The molecular formula is C16H16N2O2. The van der Waals surface area contributed by atoms with Crippen molar-refractivity contribution >= 4 is 11.8 Å². The van der Waals surface area contributed by atoms with Crippen LogP contribution in [0.5, 0.6) is 0 Å². The van der Waals surface area contributed by atoms with Crippen molar-refractivity contribution in [2.45, 2.75) is 13.1 Å². The zero-order valence-corrected chi connectivity index (χ0v) is 11.2. The molecular weight excluding hydrogens is 252 g/mol. The van der Waals surface area contributed by atoms with E-state index in [0.29, 0.717) is 11.1 Å². The van der Waals surface area contributed by atoms with Gasteiger partial charge in [0.1, 0.15) is 0 Å². The molecule has 0 bridgehead atoms. The highest BCUT2D eigenvalue weighted by molar-refractivity contribution is 6.10. The first-order valence-corrected chi connectivity index (χ1v) is 6.35. The smallest absolute Gasteiger partial charge is 0.262 e. The lowest BCUT2D eigenvalue weighted by atomic mass is 10.1. The molecule has 0 aromatic heterocycles. The number of carbonyl (C=O) groups is 2. The first-order chi connectivity index (χ1) is 9.61. The highest BCUT2D eigenvalue weighted by atomic mass is 16.2. The molecule has 4 heteroatoms. The number of carbonyl (C=O) groups excluding carboxylic acids is 2. The van der Waals surface area contributed by atoms with Crippen molar-refractivity contribution in [2.75, 3.05) is 0 Å². The Morgan fingerprint density at radius 3 is 1.50 bits per heavy atom. The average molecular weight is 268 g/mol. The van der Waals surface area contributed by atoms with Crippen LogP contribution in [-0.2, 0) is 0 Å². The molecule has 0 aliphatic carbocycles. The molecule has 2 aromatic rings. The summed E-state index contributed by atoms with van der Waals surface area (Å²) in [6, 6.07) is 17.3. The van der Waals surface area contributed by atoms with Crippen LogP contribution >= 0.6 is 0 Å². The van der Waals surface area contributed by atoms with Crippen LogP contribution in [0.1, 0.15) is 27.6 Å². The van der Waals surface area contributed by atoms with Gasteiger partial charge in [-0.1, -0.05) is 36.4 Å². The Balaban J connectivity index is 2.33. The lowest BCUT2D eigenvalue weighted by molar-refractivity contribution is 0.0561. The third kappa shape index (κ3) is 2.92. The van der Waals surface area contributed by atoms with Crippen molar-refractivity contribution in [3.05, 3.63) is 71.8 Å². The molecule has 0 radical (unpaired) electrons. The molecule has 0 fully saturated rings. The molecule has 0 saturated heterocycles. The van der Waals surface area contributed by atoms with Crippen LogP contribution in [0.25, 0.3) is 0 Å². The standard InChI is InChI=1S/C16H16N2O2/c1-12(17)18(15(19)13-8-4-2-5-9-13)16(20)14-10-6-3-7-11-14/h2-12H,17H2,1H3. The maximum atomic E-state index is 12.4. The van der Waals surface area contributed by atoms with Crippen molar-refractivity contribution < 1.29 is 9.59 Å². The van der Waals surface area contributed by atoms with Gasteiger partial charge < -0.3 is 5.73 Å². The van der Waals surface area contributed by atoms with E-state index >= 15 is 0 Å². The summed E-state index contributed by atoms with van der Waals surface area (Å²) in [5.74, 6) is -0.788. The summed E-state index contributed by atoms with van der Waals surface area (Å²) in [5.41, 5.74) is 6.68. The van der Waals surface area contributed by atoms with E-state index in [2.05, 4.69) is 0 Å². The second-order valence-electron chi connectivity index (χ2n) is 4.45. The van der Waals surface area contributed by atoms with Crippen molar-refractivity contribution in [1.29, 1.82) is 0 Å². The van der Waals surface area contributed by atoms with Crippen molar-refractivity contribution in [3.63, 3.8) is 0 Å². The first-order valence-electron chi connectivity index (χ1n) is 6.35. The van der Waals surface area contributed by atoms with Crippen molar-refractivity contribution in [1.82, 2.24) is 4.90 Å². The molecule has 0 saturated carbocycles. The van der Waals surface area contributed by atoms with E-state index in [1.54, 1.807) is 55.5 Å². The monoisotopic (exact) mass is 268 g/mol. The second kappa shape index (κ2) is 6.12. The van der Waals surface area contributed by atoms with E-state index in [-0.39, 0.29) is 0 Å². The van der Waals surface area contributed by atoms with Gasteiger partial charge in [0, 0.05) is 11.1 Å². The third-order valence-corrected chi connectivity index (χ3v) is 2.89. The Hall–Kier alpha value is -2.46. The normalized spacial score (nSPS) is 11.7. The van der Waals surface area contributed by atoms with Gasteiger partial charge in [0.15, 0.2) is 0 Å². The van der Waals surface area contributed by atoms with Crippen LogP contribution in [0.4, 0.5) is 0 Å². The molecule has 2 amide bonds. The van der Waals surface area contributed by atoms with Crippen molar-refractivity contribution in [3.8, 4) is 0 Å². The number of rotatable bonds is 3. The fourth-order valence-electron chi connectivity index (χ4n) is 1.90. The van der Waals surface area contributed by atoms with E-state index in [9.17, 15) is 9.59 Å². The van der Waals surface area contributed by atoms with Crippen LogP contribution in [0, 0.1) is 0 Å². The minimum absolute atomic E-state index is 0.394. The molecule has 4 nitrogen and oxygen atoms in total. The summed E-state index contributed by atoms with van der Waals surface area (Å²) in [6.45, 7) is 1.61. The van der Waals surface area contributed by atoms with E-state index in [4.69, 9.17) is 5.73 Å². The van der Waals surface area contributed by atoms with E-state index < -0.39 is 18.0 Å². The number of benzene rings is 2. The lowest BCUT2D eigenvalue weighted by Gasteiger charge is -2.24. The number of hydrogen-bond donors (Lipinski definition) is 1. The van der Waals surface area contributed by atoms with E-state index in [0.717, 1.165) is 4.90 Å². The molecule has 1 atom stereocenters. The van der Waals surface area contributed by atoms with Gasteiger partial charge in [-0.2, -0.15) is 0 Å². The quantitative estimate of drug-likeness (QED) is 0.686. The fraction of sp³-hybridized carbons (Fsp3) is 0.125. The molecule has 102 valence electrons. The molecule has 2 aromatic carbocycles. The summed E-state index contributed by atoms with van der Waals surface area (Å²) in [6.07, 6.45) is -0.699. The summed E-state index contributed by atoms with van der Waals surface area (Å²) in [4.78, 5) is 25.9. The van der Waals surface area contributed by atoms with Gasteiger partial charge in [-0.05, 0) is 31.2 Å². The second-order valence-corrected chi connectivity index (χ2v) is 4.45. The van der Waals surface area contributed by atoms with Gasteiger partial charge in [-0.25, -0.2) is 0 Å². The number of imide groups is 1. The summed E-state index contributed by atoms with van der Waals surface area (Å²) in [7, 11) is 0. The van der Waals surface area contributed by atoms with Crippen LogP contribution in [0.3, 0.4) is 0 Å². The van der Waals surface area contributed by atoms with Crippen LogP contribution in [-0.4, -0.2) is 22.9 Å².